The molecule has 9 nitrogen and oxygen atoms in total. The summed E-state index contributed by atoms with van der Waals surface area (Å²) in [7, 11) is 0. The summed E-state index contributed by atoms with van der Waals surface area (Å²) in [5.41, 5.74) is 1.55. The molecule has 2 N–H and O–H groups in total. The zero-order valence-electron chi connectivity index (χ0n) is 17.0. The minimum absolute atomic E-state index is 0.0555. The Bertz CT molecular complexity index is 1040. The first-order valence-corrected chi connectivity index (χ1v) is 10.5. The fourth-order valence-electron chi connectivity index (χ4n) is 4.15. The van der Waals surface area contributed by atoms with Crippen LogP contribution < -0.4 is 10.2 Å². The van der Waals surface area contributed by atoms with Gasteiger partial charge >= 0.3 is 0 Å². The molecule has 11 heteroatoms. The zero-order valence-corrected chi connectivity index (χ0v) is 17.0. The highest BCUT2D eigenvalue weighted by molar-refractivity contribution is 5.55. The van der Waals surface area contributed by atoms with Crippen LogP contribution in [0.25, 0.3) is 5.65 Å². The highest BCUT2D eigenvalue weighted by atomic mass is 19.3. The predicted octanol–water partition coefficient (Wildman–Crippen LogP) is 2.26. The van der Waals surface area contributed by atoms with E-state index in [0.29, 0.717) is 31.1 Å². The van der Waals surface area contributed by atoms with E-state index in [4.69, 9.17) is 9.72 Å². The van der Waals surface area contributed by atoms with E-state index in [1.807, 2.05) is 12.3 Å². The molecule has 1 saturated heterocycles. The van der Waals surface area contributed by atoms with Crippen molar-refractivity contribution in [2.45, 2.75) is 31.9 Å². The molecule has 0 amide bonds. The van der Waals surface area contributed by atoms with Gasteiger partial charge < -0.3 is 20.1 Å². The molecule has 0 aromatic carbocycles. The van der Waals surface area contributed by atoms with E-state index in [-0.39, 0.29) is 24.3 Å². The molecule has 3 aromatic rings. The van der Waals surface area contributed by atoms with Crippen LogP contribution in [0.1, 0.15) is 36.6 Å². The van der Waals surface area contributed by atoms with E-state index in [0.717, 1.165) is 37.3 Å². The molecule has 0 atom stereocenters. The van der Waals surface area contributed by atoms with Crippen molar-refractivity contribution >= 4 is 17.2 Å². The third-order valence-electron chi connectivity index (χ3n) is 6.04. The predicted molar refractivity (Wildman–Crippen MR) is 109 cm³/mol. The van der Waals surface area contributed by atoms with Crippen LogP contribution in [0.2, 0.25) is 0 Å². The van der Waals surface area contributed by atoms with Crippen LogP contribution in [-0.4, -0.2) is 62.4 Å². The van der Waals surface area contributed by atoms with Crippen LogP contribution in [0.15, 0.2) is 24.7 Å². The summed E-state index contributed by atoms with van der Waals surface area (Å²) in [6, 6.07) is 1.97. The third-order valence-corrected chi connectivity index (χ3v) is 6.04. The minimum atomic E-state index is -2.67. The first-order valence-electron chi connectivity index (χ1n) is 10.5. The first kappa shape index (κ1) is 20.1. The Labute approximate surface area is 177 Å². The fourth-order valence-corrected chi connectivity index (χ4v) is 4.15. The van der Waals surface area contributed by atoms with Gasteiger partial charge in [-0.05, 0) is 24.8 Å². The number of aliphatic hydroxyl groups excluding tert-OH is 1. The number of aliphatic hydroxyl groups is 1. The van der Waals surface area contributed by atoms with Crippen molar-refractivity contribution in [3.05, 3.63) is 35.9 Å². The van der Waals surface area contributed by atoms with Crippen LogP contribution in [0, 0.1) is 5.92 Å². The molecule has 2 aliphatic rings. The monoisotopic (exact) mass is 433 g/mol. The second-order valence-corrected chi connectivity index (χ2v) is 8.06. The number of morpholine rings is 1. The molecule has 1 saturated carbocycles. The summed E-state index contributed by atoms with van der Waals surface area (Å²) >= 11 is 0. The molecular formula is C20H25F2N7O2. The smallest absolute Gasteiger partial charge is 0.284 e. The van der Waals surface area contributed by atoms with Crippen LogP contribution in [0.3, 0.4) is 0 Å². The number of ether oxygens (including phenoxy) is 1. The number of aromatic nitrogens is 5. The van der Waals surface area contributed by atoms with E-state index < -0.39 is 6.43 Å². The largest absolute Gasteiger partial charge is 0.396 e. The molecule has 166 valence electrons. The van der Waals surface area contributed by atoms with Gasteiger partial charge in [-0.15, -0.1) is 0 Å². The molecule has 3 aromatic heterocycles. The lowest BCUT2D eigenvalue weighted by atomic mass is 9.81. The van der Waals surface area contributed by atoms with Gasteiger partial charge in [0.1, 0.15) is 5.82 Å². The molecule has 0 radical (unpaired) electrons. The molecule has 2 fully saturated rings. The number of nitrogens with zero attached hydrogens (tertiary/aromatic N) is 6. The second-order valence-electron chi connectivity index (χ2n) is 8.06. The summed E-state index contributed by atoms with van der Waals surface area (Å²) in [4.78, 5) is 6.90. The van der Waals surface area contributed by atoms with Crippen LogP contribution in [-0.2, 0) is 11.3 Å². The van der Waals surface area contributed by atoms with Crippen molar-refractivity contribution in [2.75, 3.05) is 43.1 Å². The number of anilines is 2. The Morgan fingerprint density at radius 2 is 2.06 bits per heavy atom. The van der Waals surface area contributed by atoms with Gasteiger partial charge in [-0.3, -0.25) is 4.68 Å². The van der Waals surface area contributed by atoms with E-state index in [2.05, 4.69) is 20.4 Å². The summed E-state index contributed by atoms with van der Waals surface area (Å²) < 4.78 is 35.8. The van der Waals surface area contributed by atoms with Gasteiger partial charge in [-0.25, -0.2) is 18.3 Å². The SMILES string of the molecule is OC[C@H]1C[C@H](n2cc(NCc3cnn4ccc(N5CCOCC5)nc34)c(C(F)F)n2)C1. The molecule has 0 unspecified atom stereocenters. The van der Waals surface area contributed by atoms with Crippen LogP contribution >= 0.6 is 0 Å². The molecular weight excluding hydrogens is 408 g/mol. The Morgan fingerprint density at radius 1 is 1.26 bits per heavy atom. The topological polar surface area (TPSA) is 92.7 Å². The number of nitrogens with one attached hydrogen (secondary N) is 1. The standard InChI is InChI=1S/C20H25F2N7O2/c21-19(22)18-16(11-29(26-18)15-7-13(8-15)12-30)23-9-14-10-24-28-2-1-17(25-20(14)28)27-3-5-31-6-4-27/h1-2,10-11,13,15,19,23,30H,3-9,12H2/t13-,15-. The molecule has 31 heavy (non-hydrogen) atoms. The van der Waals surface area contributed by atoms with Gasteiger partial charge in [-0.1, -0.05) is 0 Å². The fraction of sp³-hybridized carbons (Fsp3) is 0.550. The van der Waals surface area contributed by atoms with Crippen molar-refractivity contribution in [3.63, 3.8) is 0 Å². The Hall–Kier alpha value is -2.79. The number of rotatable bonds is 7. The minimum Gasteiger partial charge on any atom is -0.396 e. The number of fused-ring (bicyclic) bond motifs is 1. The van der Waals surface area contributed by atoms with Crippen molar-refractivity contribution in [2.24, 2.45) is 5.92 Å². The van der Waals surface area contributed by atoms with Gasteiger partial charge in [0.05, 0.1) is 31.1 Å². The number of halogens is 2. The normalized spacial score (nSPS) is 21.6. The third kappa shape index (κ3) is 3.94. The maximum Gasteiger partial charge on any atom is 0.284 e. The quantitative estimate of drug-likeness (QED) is 0.590. The number of hydrogen-bond donors (Lipinski definition) is 2. The van der Waals surface area contributed by atoms with Gasteiger partial charge in [0.25, 0.3) is 6.43 Å². The lowest BCUT2D eigenvalue weighted by Crippen LogP contribution is -2.36. The lowest BCUT2D eigenvalue weighted by Gasteiger charge is -2.33. The van der Waals surface area contributed by atoms with E-state index in [9.17, 15) is 13.9 Å². The lowest BCUT2D eigenvalue weighted by molar-refractivity contribution is 0.102. The summed E-state index contributed by atoms with van der Waals surface area (Å²) in [6.07, 6.45) is 4.02. The molecule has 0 spiro atoms. The molecule has 0 bridgehead atoms. The van der Waals surface area contributed by atoms with Crippen molar-refractivity contribution in [1.29, 1.82) is 0 Å². The van der Waals surface area contributed by atoms with Gasteiger partial charge in [0.2, 0.25) is 0 Å². The Kier molecular flexibility index (Phi) is 5.45. The second kappa shape index (κ2) is 8.39. The van der Waals surface area contributed by atoms with Gasteiger partial charge in [-0.2, -0.15) is 10.2 Å². The average Bonchev–Trinajstić information content (AvgIpc) is 3.36. The number of hydrogen-bond acceptors (Lipinski definition) is 7. The van der Waals surface area contributed by atoms with Gasteiger partial charge in [0.15, 0.2) is 11.3 Å². The summed E-state index contributed by atoms with van der Waals surface area (Å²) in [5.74, 6) is 1.08. The Balaban J connectivity index is 1.34. The molecule has 4 heterocycles. The van der Waals surface area contributed by atoms with Crippen LogP contribution in [0.4, 0.5) is 20.3 Å². The molecule has 1 aliphatic carbocycles. The van der Waals surface area contributed by atoms with Crippen LogP contribution in [0.5, 0.6) is 0 Å². The maximum absolute atomic E-state index is 13.5. The molecule has 1 aliphatic heterocycles. The zero-order chi connectivity index (χ0) is 21.4. The maximum atomic E-state index is 13.5. The first-order chi connectivity index (χ1) is 15.1. The Morgan fingerprint density at radius 3 is 2.81 bits per heavy atom. The summed E-state index contributed by atoms with van der Waals surface area (Å²) in [6.45, 7) is 3.32. The van der Waals surface area contributed by atoms with E-state index in [1.165, 1.54) is 0 Å². The molecule has 5 rings (SSSR count). The van der Waals surface area contributed by atoms with Crippen molar-refractivity contribution in [3.8, 4) is 0 Å². The van der Waals surface area contributed by atoms with Crippen molar-refractivity contribution < 1.29 is 18.6 Å². The average molecular weight is 433 g/mol. The van der Waals surface area contributed by atoms with E-state index in [1.54, 1.807) is 21.6 Å². The van der Waals surface area contributed by atoms with Crippen molar-refractivity contribution in [1.82, 2.24) is 24.4 Å². The summed E-state index contributed by atoms with van der Waals surface area (Å²) in [5, 5.41) is 20.7. The van der Waals surface area contributed by atoms with Gasteiger partial charge in [0, 0.05) is 44.2 Å². The highest BCUT2D eigenvalue weighted by Crippen LogP contribution is 2.39. The number of alkyl halides is 2. The highest BCUT2D eigenvalue weighted by Gasteiger charge is 2.32. The van der Waals surface area contributed by atoms with E-state index >= 15 is 0 Å².